The van der Waals surface area contributed by atoms with Crippen LogP contribution in [0.1, 0.15) is 25.0 Å². The van der Waals surface area contributed by atoms with E-state index in [1.165, 1.54) is 0 Å². The van der Waals surface area contributed by atoms with Crippen molar-refractivity contribution >= 4 is 27.7 Å². The molecule has 0 aliphatic carbocycles. The van der Waals surface area contributed by atoms with Gasteiger partial charge in [-0.15, -0.1) is 4.40 Å². The molecule has 26 heavy (non-hydrogen) atoms. The van der Waals surface area contributed by atoms with Crippen molar-refractivity contribution in [3.05, 3.63) is 41.7 Å². The fourth-order valence-electron chi connectivity index (χ4n) is 2.39. The molecule has 138 valence electrons. The van der Waals surface area contributed by atoms with Gasteiger partial charge in [0.25, 0.3) is 0 Å². The van der Waals surface area contributed by atoms with Crippen LogP contribution in [0.2, 0.25) is 0 Å². The zero-order valence-corrected chi connectivity index (χ0v) is 15.5. The molecule has 0 fully saturated rings. The molecule has 0 unspecified atom stereocenters. The third-order valence-electron chi connectivity index (χ3n) is 3.56. The molecule has 1 aliphatic heterocycles. The average molecular weight is 376 g/mol. The molecule has 2 heterocycles. The second kappa shape index (κ2) is 6.45. The lowest BCUT2D eigenvalue weighted by molar-refractivity contribution is 0.255. The van der Waals surface area contributed by atoms with Gasteiger partial charge < -0.3 is 15.8 Å². The fraction of sp³-hybridized carbons (Fsp3) is 0.312. The monoisotopic (exact) mass is 376 g/mol. The van der Waals surface area contributed by atoms with E-state index in [-0.39, 0.29) is 12.4 Å². The van der Waals surface area contributed by atoms with E-state index in [1.807, 2.05) is 20.8 Å². The lowest BCUT2D eigenvalue weighted by Crippen LogP contribution is -2.38. The highest BCUT2D eigenvalue weighted by molar-refractivity contribution is 7.91. The number of hydrogen-bond acceptors (Lipinski definition) is 7. The first-order valence-electron chi connectivity index (χ1n) is 7.86. The number of fused-ring (bicyclic) bond motifs is 1. The van der Waals surface area contributed by atoms with Crippen LogP contribution >= 0.6 is 0 Å². The predicted molar refractivity (Wildman–Crippen MR) is 99.7 cm³/mol. The molecule has 1 aromatic heterocycles. The second-order valence-corrected chi connectivity index (χ2v) is 7.95. The van der Waals surface area contributed by atoms with Crippen LogP contribution in [-0.2, 0) is 10.2 Å². The summed E-state index contributed by atoms with van der Waals surface area (Å²) in [5.41, 5.74) is 7.05. The first-order valence-corrected chi connectivity index (χ1v) is 9.30. The molecule has 0 amide bonds. The van der Waals surface area contributed by atoms with Crippen molar-refractivity contribution in [2.75, 3.05) is 16.6 Å². The van der Waals surface area contributed by atoms with Gasteiger partial charge in [-0.3, -0.25) is 4.72 Å². The smallest absolute Gasteiger partial charge is 0.344 e. The number of nitrogens with one attached hydrogen (secondary N) is 2. The van der Waals surface area contributed by atoms with Gasteiger partial charge in [0, 0.05) is 12.4 Å². The van der Waals surface area contributed by atoms with Crippen LogP contribution in [-0.4, -0.2) is 36.4 Å². The molecular weight excluding hydrogens is 356 g/mol. The molecule has 1 aliphatic rings. The predicted octanol–water partition coefficient (Wildman–Crippen LogP) is 1.43. The van der Waals surface area contributed by atoms with Crippen molar-refractivity contribution < 1.29 is 13.2 Å². The number of aryl methyl sites for hydroxylation is 1. The third-order valence-corrected chi connectivity index (χ3v) is 4.47. The highest BCUT2D eigenvalue weighted by atomic mass is 32.2. The summed E-state index contributed by atoms with van der Waals surface area (Å²) in [6, 6.07) is 4.99. The van der Waals surface area contributed by atoms with Gasteiger partial charge in [0.2, 0.25) is 5.95 Å². The van der Waals surface area contributed by atoms with E-state index >= 15 is 0 Å². The van der Waals surface area contributed by atoms with Crippen LogP contribution in [0.4, 0.5) is 11.6 Å². The van der Waals surface area contributed by atoms with E-state index in [4.69, 9.17) is 10.5 Å². The first kappa shape index (κ1) is 17.9. The van der Waals surface area contributed by atoms with Crippen molar-refractivity contribution in [2.24, 2.45) is 10.1 Å². The Bertz CT molecular complexity index is 954. The SMILES string of the molecule is Cc1cnc(NC(C)(C)COc2cccc3c2C(N)=NS(=O)(=O)N3)nc1. The average Bonchev–Trinajstić information content (AvgIpc) is 2.53. The molecule has 0 spiro atoms. The van der Waals surface area contributed by atoms with E-state index < -0.39 is 15.7 Å². The van der Waals surface area contributed by atoms with Crippen LogP contribution < -0.4 is 20.5 Å². The Morgan fingerprint density at radius 3 is 2.65 bits per heavy atom. The molecule has 9 nitrogen and oxygen atoms in total. The lowest BCUT2D eigenvalue weighted by Gasteiger charge is -2.27. The summed E-state index contributed by atoms with van der Waals surface area (Å²) in [5, 5.41) is 3.20. The molecule has 4 N–H and O–H groups in total. The van der Waals surface area contributed by atoms with Gasteiger partial charge in [-0.25, -0.2) is 9.97 Å². The van der Waals surface area contributed by atoms with E-state index in [0.717, 1.165) is 5.56 Å². The minimum atomic E-state index is -3.82. The summed E-state index contributed by atoms with van der Waals surface area (Å²) >= 11 is 0. The summed E-state index contributed by atoms with van der Waals surface area (Å²) < 4.78 is 35.0. The summed E-state index contributed by atoms with van der Waals surface area (Å²) in [7, 11) is -3.82. The maximum Gasteiger partial charge on any atom is 0.344 e. The molecule has 3 rings (SSSR count). The van der Waals surface area contributed by atoms with Crippen molar-refractivity contribution in [1.82, 2.24) is 9.97 Å². The van der Waals surface area contributed by atoms with Gasteiger partial charge in [-0.1, -0.05) is 6.07 Å². The summed E-state index contributed by atoms with van der Waals surface area (Å²) in [6.07, 6.45) is 3.45. The minimum Gasteiger partial charge on any atom is -0.490 e. The number of aromatic nitrogens is 2. The third kappa shape index (κ3) is 4.02. The molecule has 0 saturated carbocycles. The second-order valence-electron chi connectivity index (χ2n) is 6.61. The van der Waals surface area contributed by atoms with Gasteiger partial charge in [-0.2, -0.15) is 8.42 Å². The summed E-state index contributed by atoms with van der Waals surface area (Å²) in [4.78, 5) is 8.45. The van der Waals surface area contributed by atoms with Crippen molar-refractivity contribution in [3.63, 3.8) is 0 Å². The van der Waals surface area contributed by atoms with Crippen LogP contribution in [0, 0.1) is 6.92 Å². The van der Waals surface area contributed by atoms with Crippen LogP contribution in [0.5, 0.6) is 5.75 Å². The van der Waals surface area contributed by atoms with Crippen LogP contribution in [0.25, 0.3) is 0 Å². The van der Waals surface area contributed by atoms with Crippen LogP contribution in [0.15, 0.2) is 35.0 Å². The number of nitrogens with zero attached hydrogens (tertiary/aromatic N) is 3. The Balaban J connectivity index is 1.77. The van der Waals surface area contributed by atoms with E-state index in [2.05, 4.69) is 24.4 Å². The zero-order valence-electron chi connectivity index (χ0n) is 14.6. The quantitative estimate of drug-likeness (QED) is 0.719. The van der Waals surface area contributed by atoms with Gasteiger partial charge in [-0.05, 0) is 38.5 Å². The Morgan fingerprint density at radius 2 is 1.96 bits per heavy atom. The standard InChI is InChI=1S/C16H20N6O3S/c1-10-7-18-15(19-8-10)20-16(2,3)9-25-12-6-4-5-11-13(12)14(17)22-26(23,24)21-11/h4-8,21H,9H2,1-3H3,(H2,17,22)(H,18,19,20). The normalized spacial score (nSPS) is 15.4. The summed E-state index contributed by atoms with van der Waals surface area (Å²) in [6.45, 7) is 6.05. The molecule has 0 saturated heterocycles. The number of ether oxygens (including phenoxy) is 1. The number of benzene rings is 1. The number of amidine groups is 1. The molecule has 0 bridgehead atoms. The topological polar surface area (TPSA) is 132 Å². The number of nitrogens with two attached hydrogens (primary N) is 1. The Morgan fingerprint density at radius 1 is 1.27 bits per heavy atom. The van der Waals surface area contributed by atoms with E-state index in [0.29, 0.717) is 22.9 Å². The molecule has 1 aromatic carbocycles. The zero-order chi connectivity index (χ0) is 18.9. The van der Waals surface area contributed by atoms with Gasteiger partial charge in [0.05, 0.1) is 16.8 Å². The molecule has 0 radical (unpaired) electrons. The number of rotatable bonds is 5. The molecule has 2 aromatic rings. The number of anilines is 2. The number of hydrogen-bond donors (Lipinski definition) is 3. The van der Waals surface area contributed by atoms with Gasteiger partial charge >= 0.3 is 10.2 Å². The summed E-state index contributed by atoms with van der Waals surface area (Å²) in [5.74, 6) is 0.820. The van der Waals surface area contributed by atoms with Gasteiger partial charge in [0.1, 0.15) is 12.4 Å². The largest absolute Gasteiger partial charge is 0.490 e. The Kier molecular flexibility index (Phi) is 4.45. The molecule has 10 heteroatoms. The van der Waals surface area contributed by atoms with Crippen molar-refractivity contribution in [2.45, 2.75) is 26.3 Å². The van der Waals surface area contributed by atoms with E-state index in [9.17, 15) is 8.42 Å². The minimum absolute atomic E-state index is 0.109. The maximum absolute atomic E-state index is 11.6. The van der Waals surface area contributed by atoms with Crippen LogP contribution in [0.3, 0.4) is 0 Å². The lowest BCUT2D eigenvalue weighted by atomic mass is 10.1. The van der Waals surface area contributed by atoms with E-state index in [1.54, 1.807) is 30.6 Å². The Hall–Kier alpha value is -2.88. The highest BCUT2D eigenvalue weighted by Crippen LogP contribution is 2.31. The Labute approximate surface area is 151 Å². The maximum atomic E-state index is 11.6. The fourth-order valence-corrected chi connectivity index (χ4v) is 3.24. The van der Waals surface area contributed by atoms with Crippen molar-refractivity contribution in [1.29, 1.82) is 0 Å². The van der Waals surface area contributed by atoms with Crippen molar-refractivity contribution in [3.8, 4) is 5.75 Å². The highest BCUT2D eigenvalue weighted by Gasteiger charge is 2.26. The molecular formula is C16H20N6O3S. The van der Waals surface area contributed by atoms with Gasteiger partial charge in [0.15, 0.2) is 5.84 Å². The molecule has 0 atom stereocenters. The first-order chi connectivity index (χ1) is 12.2.